The molecule has 0 unspecified atom stereocenters. The lowest BCUT2D eigenvalue weighted by Crippen LogP contribution is -2.51. The summed E-state index contributed by atoms with van der Waals surface area (Å²) in [5, 5.41) is 3.07. The van der Waals surface area contributed by atoms with Gasteiger partial charge in [0.1, 0.15) is 11.4 Å². The Bertz CT molecular complexity index is 1390. The van der Waals surface area contributed by atoms with Crippen molar-refractivity contribution >= 4 is 37.1 Å². The van der Waals surface area contributed by atoms with Gasteiger partial charge in [0.05, 0.1) is 16.0 Å². The lowest BCUT2D eigenvalue weighted by Gasteiger charge is -2.38. The molecule has 0 aliphatic rings. The van der Waals surface area contributed by atoms with Gasteiger partial charge in [0.15, 0.2) is 6.79 Å². The van der Waals surface area contributed by atoms with Crippen molar-refractivity contribution in [1.29, 1.82) is 0 Å². The van der Waals surface area contributed by atoms with E-state index >= 15 is 0 Å². The Kier molecular flexibility index (Phi) is 13.3. The molecule has 44 heavy (non-hydrogen) atoms. The quantitative estimate of drug-likeness (QED) is 0.142. The highest BCUT2D eigenvalue weighted by molar-refractivity contribution is 7.99. The standard InChI is InChI=1S/C30H40ClF3NO7PS/c1-8-14-29(19(2)20(3)43(37,38)39,35-27(36)42-28(4,5)6)15-13-21-9-11-23(17-24(21)31)44-26-16-22(30(32,33)34)10-12-25(26)41-18-40-7/h9-12,16-17H,8,13-15,18H2,1-7H3,(H,35,36)(H2,37,38,39)/t29-/m0/s1. The van der Waals surface area contributed by atoms with E-state index in [-0.39, 0.29) is 29.2 Å². The number of methoxy groups -OCH3 is 1. The number of rotatable bonds is 13. The third kappa shape index (κ3) is 11.0. The summed E-state index contributed by atoms with van der Waals surface area (Å²) in [5.74, 6) is 0.213. The Labute approximate surface area is 265 Å². The second-order valence-electron chi connectivity index (χ2n) is 11.3. The smallest absolute Gasteiger partial charge is 0.416 e. The van der Waals surface area contributed by atoms with E-state index in [1.54, 1.807) is 45.9 Å². The molecule has 0 radical (unpaired) electrons. The van der Waals surface area contributed by atoms with Crippen molar-refractivity contribution in [3.05, 3.63) is 63.4 Å². The maximum Gasteiger partial charge on any atom is 0.416 e. The average molecular weight is 682 g/mol. The summed E-state index contributed by atoms with van der Waals surface area (Å²) in [6.45, 7) is 9.80. The van der Waals surface area contributed by atoms with Crippen LogP contribution in [-0.4, -0.2) is 40.9 Å². The molecule has 246 valence electrons. The van der Waals surface area contributed by atoms with E-state index < -0.39 is 36.6 Å². The zero-order valence-corrected chi connectivity index (χ0v) is 28.3. The molecule has 0 bridgehead atoms. The third-order valence-corrected chi connectivity index (χ3v) is 9.38. The average Bonchev–Trinajstić information content (AvgIpc) is 2.88. The van der Waals surface area contributed by atoms with Crippen LogP contribution in [0.4, 0.5) is 18.0 Å². The molecular weight excluding hydrogens is 642 g/mol. The summed E-state index contributed by atoms with van der Waals surface area (Å²) in [5.41, 5.74) is -1.79. The highest BCUT2D eigenvalue weighted by Crippen LogP contribution is 2.49. The van der Waals surface area contributed by atoms with E-state index in [4.69, 9.17) is 25.8 Å². The molecule has 0 aliphatic carbocycles. The van der Waals surface area contributed by atoms with E-state index in [1.165, 1.54) is 20.1 Å². The number of hydrogen-bond donors (Lipinski definition) is 3. The van der Waals surface area contributed by atoms with E-state index in [1.807, 2.05) is 6.92 Å². The highest BCUT2D eigenvalue weighted by atomic mass is 35.5. The molecular formula is C30H40ClF3NO7PS. The van der Waals surface area contributed by atoms with Crippen LogP contribution in [0.3, 0.4) is 0 Å². The fraction of sp³-hybridized carbons (Fsp3) is 0.500. The van der Waals surface area contributed by atoms with Crippen molar-refractivity contribution in [2.24, 2.45) is 0 Å². The van der Waals surface area contributed by atoms with Gasteiger partial charge in [0.2, 0.25) is 0 Å². The predicted molar refractivity (Wildman–Crippen MR) is 165 cm³/mol. The maximum absolute atomic E-state index is 13.4. The molecule has 14 heteroatoms. The van der Waals surface area contributed by atoms with Gasteiger partial charge in [0, 0.05) is 22.3 Å². The van der Waals surface area contributed by atoms with Crippen molar-refractivity contribution in [2.45, 2.75) is 94.3 Å². The fourth-order valence-corrected chi connectivity index (χ4v) is 6.46. The minimum absolute atomic E-state index is 0.146. The SMILES string of the molecule is CCC[C@@](CCc1ccc(Sc2cc(C(F)(F)F)ccc2OCOC)cc1Cl)(NC(=O)OC(C)(C)C)C(C)=C(C)P(=O)(O)O. The molecule has 0 aliphatic heterocycles. The molecule has 2 aromatic rings. The lowest BCUT2D eigenvalue weighted by molar-refractivity contribution is -0.137. The Hall–Kier alpha value is -2.21. The van der Waals surface area contributed by atoms with Gasteiger partial charge < -0.3 is 29.3 Å². The molecule has 1 amide bonds. The first-order valence-corrected chi connectivity index (χ1v) is 16.6. The van der Waals surface area contributed by atoms with Crippen molar-refractivity contribution in [1.82, 2.24) is 5.32 Å². The third-order valence-electron chi connectivity index (χ3n) is 6.79. The number of halogens is 4. The normalized spacial score (nSPS) is 14.5. The number of carbonyl (C=O) groups excluding carboxylic acids is 1. The largest absolute Gasteiger partial charge is 0.466 e. The Morgan fingerprint density at radius 1 is 1.07 bits per heavy atom. The summed E-state index contributed by atoms with van der Waals surface area (Å²) in [7, 11) is -3.22. The van der Waals surface area contributed by atoms with Gasteiger partial charge in [-0.05, 0) is 95.3 Å². The fourth-order valence-electron chi connectivity index (χ4n) is 4.48. The molecule has 2 aromatic carbocycles. The zero-order chi connectivity index (χ0) is 33.5. The Morgan fingerprint density at radius 3 is 2.25 bits per heavy atom. The van der Waals surface area contributed by atoms with Crippen molar-refractivity contribution in [3.8, 4) is 5.75 Å². The van der Waals surface area contributed by atoms with Gasteiger partial charge in [-0.1, -0.05) is 42.8 Å². The van der Waals surface area contributed by atoms with Crippen molar-refractivity contribution in [2.75, 3.05) is 13.9 Å². The summed E-state index contributed by atoms with van der Waals surface area (Å²) in [6, 6.07) is 8.22. The molecule has 0 heterocycles. The van der Waals surface area contributed by atoms with Crippen LogP contribution in [0.25, 0.3) is 0 Å². The number of aryl methyl sites for hydroxylation is 1. The molecule has 0 saturated heterocycles. The zero-order valence-electron chi connectivity index (χ0n) is 25.8. The molecule has 2 rings (SSSR count). The first-order chi connectivity index (χ1) is 20.2. The lowest BCUT2D eigenvalue weighted by atomic mass is 9.80. The Morgan fingerprint density at radius 2 is 1.73 bits per heavy atom. The van der Waals surface area contributed by atoms with Gasteiger partial charge in [-0.3, -0.25) is 4.57 Å². The minimum atomic E-state index is -4.62. The summed E-state index contributed by atoms with van der Waals surface area (Å²) < 4.78 is 68.2. The number of ether oxygens (including phenoxy) is 3. The minimum Gasteiger partial charge on any atom is -0.466 e. The van der Waals surface area contributed by atoms with Crippen LogP contribution in [0.2, 0.25) is 5.02 Å². The van der Waals surface area contributed by atoms with Crippen molar-refractivity contribution in [3.63, 3.8) is 0 Å². The van der Waals surface area contributed by atoms with E-state index in [0.29, 0.717) is 40.3 Å². The number of alkyl halides is 3. The number of nitrogens with one attached hydrogen (secondary N) is 1. The number of allylic oxidation sites excluding steroid dienone is 1. The topological polar surface area (TPSA) is 114 Å². The summed E-state index contributed by atoms with van der Waals surface area (Å²) >= 11 is 7.69. The van der Waals surface area contributed by atoms with Crippen LogP contribution in [-0.2, 0) is 26.6 Å². The molecule has 1 atom stereocenters. The van der Waals surface area contributed by atoms with Gasteiger partial charge in [-0.2, -0.15) is 13.2 Å². The second kappa shape index (κ2) is 15.4. The van der Waals surface area contributed by atoms with Gasteiger partial charge >= 0.3 is 19.9 Å². The molecule has 3 N–H and O–H groups in total. The molecule has 0 saturated carbocycles. The van der Waals surface area contributed by atoms with Crippen LogP contribution in [0, 0.1) is 0 Å². The van der Waals surface area contributed by atoms with Crippen LogP contribution in [0.5, 0.6) is 5.75 Å². The number of benzene rings is 2. The number of alkyl carbamates (subject to hydrolysis) is 1. The van der Waals surface area contributed by atoms with Crippen LogP contribution < -0.4 is 10.1 Å². The van der Waals surface area contributed by atoms with Crippen LogP contribution >= 0.6 is 31.0 Å². The monoisotopic (exact) mass is 681 g/mol. The predicted octanol–water partition coefficient (Wildman–Crippen LogP) is 8.96. The summed E-state index contributed by atoms with van der Waals surface area (Å²) in [4.78, 5) is 33.6. The highest BCUT2D eigenvalue weighted by Gasteiger charge is 2.38. The first kappa shape index (κ1) is 38.0. The molecule has 0 aromatic heterocycles. The van der Waals surface area contributed by atoms with E-state index in [2.05, 4.69) is 5.32 Å². The maximum atomic E-state index is 13.4. The summed E-state index contributed by atoms with van der Waals surface area (Å²) in [6.07, 6.45) is -3.79. The van der Waals surface area contributed by atoms with Gasteiger partial charge in [0.25, 0.3) is 0 Å². The molecule has 0 fully saturated rings. The Balaban J connectivity index is 2.45. The van der Waals surface area contributed by atoms with E-state index in [9.17, 15) is 32.3 Å². The molecule has 0 spiro atoms. The number of carbonyl (C=O) groups is 1. The van der Waals surface area contributed by atoms with Crippen LogP contribution in [0.15, 0.2) is 57.1 Å². The van der Waals surface area contributed by atoms with Gasteiger partial charge in [-0.25, -0.2) is 4.79 Å². The molecule has 8 nitrogen and oxygen atoms in total. The second-order valence-corrected chi connectivity index (χ2v) is 14.6. The van der Waals surface area contributed by atoms with E-state index in [0.717, 1.165) is 23.9 Å². The van der Waals surface area contributed by atoms with Crippen molar-refractivity contribution < 1.29 is 46.5 Å². The number of amides is 1. The first-order valence-electron chi connectivity index (χ1n) is 13.8. The van der Waals surface area contributed by atoms with Gasteiger partial charge in [-0.15, -0.1) is 0 Å². The number of hydrogen-bond acceptors (Lipinski definition) is 6. The van der Waals surface area contributed by atoms with Crippen LogP contribution in [0.1, 0.15) is 71.9 Å².